The molecule has 1 aromatic heterocycles. The summed E-state index contributed by atoms with van der Waals surface area (Å²) in [6.07, 6.45) is 1.55. The molecule has 5 nitrogen and oxygen atoms in total. The summed E-state index contributed by atoms with van der Waals surface area (Å²) in [5.74, 6) is 1.55. The third-order valence-corrected chi connectivity index (χ3v) is 3.30. The van der Waals surface area contributed by atoms with E-state index in [1.807, 2.05) is 32.0 Å². The molecule has 0 amide bonds. The number of nitrogen functional groups attached to an aromatic ring is 1. The Bertz CT molecular complexity index is 601. The zero-order valence-electron chi connectivity index (χ0n) is 12.8. The highest BCUT2D eigenvalue weighted by Gasteiger charge is 2.14. The second kappa shape index (κ2) is 6.92. The first-order valence-electron chi connectivity index (χ1n) is 7.19. The van der Waals surface area contributed by atoms with Gasteiger partial charge in [-0.1, -0.05) is 12.1 Å². The maximum Gasteiger partial charge on any atom is 0.221 e. The van der Waals surface area contributed by atoms with E-state index in [1.54, 1.807) is 6.33 Å². The van der Waals surface area contributed by atoms with Crippen LogP contribution in [-0.2, 0) is 6.54 Å². The van der Waals surface area contributed by atoms with Crippen LogP contribution in [0.25, 0.3) is 0 Å². The van der Waals surface area contributed by atoms with Crippen LogP contribution in [0, 0.1) is 6.92 Å². The predicted octanol–water partition coefficient (Wildman–Crippen LogP) is 2.79. The Balaban J connectivity index is 2.27. The normalized spacial score (nSPS) is 10.4. The number of rotatable bonds is 6. The average molecular weight is 286 g/mol. The Morgan fingerprint density at radius 3 is 2.71 bits per heavy atom. The summed E-state index contributed by atoms with van der Waals surface area (Å²) in [5.41, 5.74) is 8.74. The Hall–Kier alpha value is -2.30. The number of nitrogens with zero attached hydrogens (tertiary/aromatic N) is 3. The zero-order valence-corrected chi connectivity index (χ0v) is 12.8. The topological polar surface area (TPSA) is 64.3 Å². The zero-order chi connectivity index (χ0) is 15.2. The van der Waals surface area contributed by atoms with Crippen molar-refractivity contribution in [2.45, 2.75) is 27.3 Å². The summed E-state index contributed by atoms with van der Waals surface area (Å²) >= 11 is 0. The van der Waals surface area contributed by atoms with E-state index < -0.39 is 0 Å². The number of nitrogens with two attached hydrogens (primary N) is 1. The molecule has 2 N–H and O–H groups in total. The highest BCUT2D eigenvalue weighted by Crippen LogP contribution is 2.25. The van der Waals surface area contributed by atoms with Crippen molar-refractivity contribution in [2.75, 3.05) is 23.8 Å². The maximum atomic E-state index is 5.84. The summed E-state index contributed by atoms with van der Waals surface area (Å²) in [6, 6.07) is 7.92. The number of aromatic nitrogens is 2. The molecule has 0 aliphatic rings. The summed E-state index contributed by atoms with van der Waals surface area (Å²) in [4.78, 5) is 10.8. The lowest BCUT2D eigenvalue weighted by Gasteiger charge is -2.24. The first kappa shape index (κ1) is 15.1. The molecule has 0 aliphatic carbocycles. The number of hydrogen-bond donors (Lipinski definition) is 1. The largest absolute Gasteiger partial charge is 0.478 e. The molecule has 0 fully saturated rings. The third-order valence-electron chi connectivity index (χ3n) is 3.30. The highest BCUT2D eigenvalue weighted by atomic mass is 16.5. The van der Waals surface area contributed by atoms with Gasteiger partial charge in [-0.3, -0.25) is 0 Å². The van der Waals surface area contributed by atoms with E-state index in [-0.39, 0.29) is 0 Å². The average Bonchev–Trinajstić information content (AvgIpc) is 2.48. The molecule has 2 aromatic rings. The lowest BCUT2D eigenvalue weighted by molar-refractivity contribution is 0.323. The summed E-state index contributed by atoms with van der Waals surface area (Å²) < 4.78 is 5.54. The van der Waals surface area contributed by atoms with Gasteiger partial charge >= 0.3 is 0 Å². The molecule has 1 aromatic carbocycles. The Morgan fingerprint density at radius 2 is 2.05 bits per heavy atom. The molecule has 21 heavy (non-hydrogen) atoms. The fourth-order valence-electron chi connectivity index (χ4n) is 2.27. The van der Waals surface area contributed by atoms with Gasteiger partial charge in [0.2, 0.25) is 5.88 Å². The minimum Gasteiger partial charge on any atom is -0.478 e. The smallest absolute Gasteiger partial charge is 0.221 e. The summed E-state index contributed by atoms with van der Waals surface area (Å²) in [6.45, 7) is 8.24. The molecule has 5 heteroatoms. The van der Waals surface area contributed by atoms with Crippen molar-refractivity contribution in [3.05, 3.63) is 41.7 Å². The maximum absolute atomic E-state index is 5.84. The molecule has 112 valence electrons. The van der Waals surface area contributed by atoms with E-state index in [2.05, 4.69) is 27.9 Å². The highest BCUT2D eigenvalue weighted by molar-refractivity contribution is 5.51. The number of benzene rings is 1. The van der Waals surface area contributed by atoms with E-state index in [4.69, 9.17) is 10.5 Å². The summed E-state index contributed by atoms with van der Waals surface area (Å²) in [7, 11) is 0. The number of anilines is 2. The van der Waals surface area contributed by atoms with Gasteiger partial charge in [-0.2, -0.15) is 0 Å². The molecule has 1 heterocycles. The monoisotopic (exact) mass is 286 g/mol. The second-order valence-electron chi connectivity index (χ2n) is 4.82. The van der Waals surface area contributed by atoms with Gasteiger partial charge in [0.15, 0.2) is 0 Å². The van der Waals surface area contributed by atoms with Crippen LogP contribution in [0.5, 0.6) is 5.88 Å². The van der Waals surface area contributed by atoms with E-state index in [9.17, 15) is 0 Å². The van der Waals surface area contributed by atoms with Gasteiger partial charge in [0, 0.05) is 18.8 Å². The van der Waals surface area contributed by atoms with Gasteiger partial charge < -0.3 is 15.4 Å². The van der Waals surface area contributed by atoms with Gasteiger partial charge in [0.05, 0.1) is 12.2 Å². The van der Waals surface area contributed by atoms with Gasteiger partial charge in [-0.25, -0.2) is 9.97 Å². The quantitative estimate of drug-likeness (QED) is 0.827. The van der Waals surface area contributed by atoms with E-state index in [0.29, 0.717) is 12.5 Å². The molecule has 0 unspecified atom stereocenters. The molecule has 0 atom stereocenters. The van der Waals surface area contributed by atoms with Crippen molar-refractivity contribution in [1.29, 1.82) is 0 Å². The van der Waals surface area contributed by atoms with Crippen LogP contribution in [0.2, 0.25) is 0 Å². The first-order chi connectivity index (χ1) is 10.2. The fraction of sp³-hybridized carbons (Fsp3) is 0.375. The first-order valence-corrected chi connectivity index (χ1v) is 7.19. The van der Waals surface area contributed by atoms with Crippen LogP contribution in [0.1, 0.15) is 25.0 Å². The van der Waals surface area contributed by atoms with Crippen LogP contribution in [0.4, 0.5) is 11.5 Å². The van der Waals surface area contributed by atoms with Crippen LogP contribution in [0.15, 0.2) is 30.6 Å². The van der Waals surface area contributed by atoms with Crippen molar-refractivity contribution < 1.29 is 4.74 Å². The third kappa shape index (κ3) is 3.62. The SMILES string of the molecule is CCOc1ncnc(N(CC)Cc2cccc(N)c2)c1C. The molecule has 0 bridgehead atoms. The van der Waals surface area contributed by atoms with Crippen LogP contribution < -0.4 is 15.4 Å². The van der Waals surface area contributed by atoms with E-state index in [1.165, 1.54) is 0 Å². The van der Waals surface area contributed by atoms with Gasteiger partial charge in [-0.15, -0.1) is 0 Å². The molecule has 0 aliphatic heterocycles. The van der Waals surface area contributed by atoms with Crippen molar-refractivity contribution in [2.24, 2.45) is 0 Å². The molecule has 0 saturated heterocycles. The minimum absolute atomic E-state index is 0.596. The van der Waals surface area contributed by atoms with Gasteiger partial charge in [0.1, 0.15) is 12.1 Å². The number of ether oxygens (including phenoxy) is 1. The molecule has 0 radical (unpaired) electrons. The standard InChI is InChI=1S/C16H22N4O/c1-4-20(10-13-7-6-8-14(17)9-13)15-12(3)16(21-5-2)19-11-18-15/h6-9,11H,4-5,10,17H2,1-3H3. The Kier molecular flexibility index (Phi) is 4.98. The molecular weight excluding hydrogens is 264 g/mol. The van der Waals surface area contributed by atoms with Gasteiger partial charge in [0.25, 0.3) is 0 Å². The van der Waals surface area contributed by atoms with Crippen molar-refractivity contribution in [3.63, 3.8) is 0 Å². The van der Waals surface area contributed by atoms with Crippen molar-refractivity contribution >= 4 is 11.5 Å². The van der Waals surface area contributed by atoms with E-state index >= 15 is 0 Å². The second-order valence-corrected chi connectivity index (χ2v) is 4.82. The van der Waals surface area contributed by atoms with Crippen molar-refractivity contribution in [3.8, 4) is 5.88 Å². The number of hydrogen-bond acceptors (Lipinski definition) is 5. The Labute approximate surface area is 125 Å². The lowest BCUT2D eigenvalue weighted by atomic mass is 10.2. The van der Waals surface area contributed by atoms with Gasteiger partial charge in [-0.05, 0) is 38.5 Å². The molecular formula is C16H22N4O. The molecule has 0 saturated carbocycles. The summed E-state index contributed by atoms with van der Waals surface area (Å²) in [5, 5.41) is 0. The fourth-order valence-corrected chi connectivity index (χ4v) is 2.27. The van der Waals surface area contributed by atoms with E-state index in [0.717, 1.165) is 35.7 Å². The predicted molar refractivity (Wildman–Crippen MR) is 85.5 cm³/mol. The van der Waals surface area contributed by atoms with Crippen molar-refractivity contribution in [1.82, 2.24) is 9.97 Å². The molecule has 0 spiro atoms. The minimum atomic E-state index is 0.596. The van der Waals surface area contributed by atoms with Crippen LogP contribution in [0.3, 0.4) is 0 Å². The Morgan fingerprint density at radius 1 is 1.24 bits per heavy atom. The van der Waals surface area contributed by atoms with Crippen LogP contribution in [-0.4, -0.2) is 23.1 Å². The lowest BCUT2D eigenvalue weighted by Crippen LogP contribution is -2.24. The van der Waals surface area contributed by atoms with Crippen LogP contribution >= 0.6 is 0 Å². The molecule has 2 rings (SSSR count).